The van der Waals surface area contributed by atoms with Gasteiger partial charge < -0.3 is 20.1 Å². The van der Waals surface area contributed by atoms with Crippen LogP contribution >= 0.6 is 0 Å². The molecule has 0 spiro atoms. The summed E-state index contributed by atoms with van der Waals surface area (Å²) in [6.07, 6.45) is 2.95. The molecule has 3 aromatic rings. The quantitative estimate of drug-likeness (QED) is 0.682. The summed E-state index contributed by atoms with van der Waals surface area (Å²) in [6, 6.07) is 13.3. The first-order valence-electron chi connectivity index (χ1n) is 9.29. The fourth-order valence-corrected chi connectivity index (χ4v) is 2.88. The predicted octanol–water partition coefficient (Wildman–Crippen LogP) is 4.50. The number of fused-ring (bicyclic) bond motifs is 1. The fraction of sp³-hybridized carbons (Fsp3) is 0.227. The molecule has 1 aliphatic rings. The summed E-state index contributed by atoms with van der Waals surface area (Å²) in [6.45, 7) is 6.67. The Kier molecular flexibility index (Phi) is 4.80. The van der Waals surface area contributed by atoms with Crippen molar-refractivity contribution < 1.29 is 14.3 Å². The predicted molar refractivity (Wildman–Crippen MR) is 111 cm³/mol. The molecule has 4 rings (SSSR count). The normalized spacial score (nSPS) is 12.5. The molecule has 0 fully saturated rings. The molecular formula is C22H22N4O3. The van der Waals surface area contributed by atoms with Crippen molar-refractivity contribution in [1.29, 1.82) is 0 Å². The molecule has 0 radical (unpaired) electrons. The second kappa shape index (κ2) is 7.43. The molecule has 1 aromatic heterocycles. The Labute approximate surface area is 169 Å². The van der Waals surface area contributed by atoms with Crippen LogP contribution in [0.5, 0.6) is 11.5 Å². The van der Waals surface area contributed by atoms with Gasteiger partial charge in [0.25, 0.3) is 5.91 Å². The van der Waals surface area contributed by atoms with Crippen molar-refractivity contribution in [1.82, 2.24) is 9.97 Å². The second-order valence-corrected chi connectivity index (χ2v) is 7.76. The zero-order valence-corrected chi connectivity index (χ0v) is 16.5. The molecule has 2 aromatic carbocycles. The first kappa shape index (κ1) is 18.7. The smallest absolute Gasteiger partial charge is 0.275 e. The van der Waals surface area contributed by atoms with Crippen molar-refractivity contribution in [2.24, 2.45) is 0 Å². The molecule has 7 nitrogen and oxygen atoms in total. The maximum absolute atomic E-state index is 12.4. The van der Waals surface area contributed by atoms with E-state index in [9.17, 15) is 4.79 Å². The lowest BCUT2D eigenvalue weighted by molar-refractivity contribution is 0.102. The number of carbonyl (C=O) groups is 1. The lowest BCUT2D eigenvalue weighted by Gasteiger charge is -2.19. The highest BCUT2D eigenvalue weighted by atomic mass is 16.7. The summed E-state index contributed by atoms with van der Waals surface area (Å²) in [5, 5.41) is 5.97. The van der Waals surface area contributed by atoms with Crippen molar-refractivity contribution >= 4 is 23.1 Å². The highest BCUT2D eigenvalue weighted by Gasteiger charge is 2.15. The Morgan fingerprint density at radius 1 is 0.931 bits per heavy atom. The zero-order chi connectivity index (χ0) is 20.4. The van der Waals surface area contributed by atoms with Gasteiger partial charge in [0.05, 0.1) is 12.4 Å². The van der Waals surface area contributed by atoms with E-state index < -0.39 is 0 Å². The van der Waals surface area contributed by atoms with E-state index in [4.69, 9.17) is 9.47 Å². The van der Waals surface area contributed by atoms with Crippen LogP contribution in [0.25, 0.3) is 0 Å². The van der Waals surface area contributed by atoms with Gasteiger partial charge in [-0.15, -0.1) is 0 Å². The van der Waals surface area contributed by atoms with Gasteiger partial charge in [-0.3, -0.25) is 4.79 Å². The van der Waals surface area contributed by atoms with E-state index >= 15 is 0 Å². The molecule has 7 heteroatoms. The summed E-state index contributed by atoms with van der Waals surface area (Å²) in [5.41, 5.74) is 3.01. The number of anilines is 3. The second-order valence-electron chi connectivity index (χ2n) is 7.76. The van der Waals surface area contributed by atoms with Crippen LogP contribution in [0.2, 0.25) is 0 Å². The number of carbonyl (C=O) groups excluding carboxylic acids is 1. The molecule has 2 N–H and O–H groups in total. The number of aromatic nitrogens is 2. The number of rotatable bonds is 4. The monoisotopic (exact) mass is 390 g/mol. The van der Waals surface area contributed by atoms with Crippen LogP contribution in [0, 0.1) is 0 Å². The number of nitrogens with one attached hydrogen (secondary N) is 2. The summed E-state index contributed by atoms with van der Waals surface area (Å²) in [4.78, 5) is 20.9. The van der Waals surface area contributed by atoms with Crippen LogP contribution in [-0.2, 0) is 5.41 Å². The molecule has 29 heavy (non-hydrogen) atoms. The zero-order valence-electron chi connectivity index (χ0n) is 16.5. The minimum atomic E-state index is -0.310. The highest BCUT2D eigenvalue weighted by molar-refractivity contribution is 6.02. The van der Waals surface area contributed by atoms with Crippen molar-refractivity contribution in [2.75, 3.05) is 17.4 Å². The number of nitrogens with zero attached hydrogens (tertiary/aromatic N) is 2. The third kappa shape index (κ3) is 4.29. The van der Waals surface area contributed by atoms with Gasteiger partial charge in [-0.1, -0.05) is 32.9 Å². The summed E-state index contributed by atoms with van der Waals surface area (Å²) in [5.74, 6) is 1.60. The van der Waals surface area contributed by atoms with Crippen LogP contribution in [0.1, 0.15) is 36.8 Å². The average molecular weight is 390 g/mol. The largest absolute Gasteiger partial charge is 0.454 e. The van der Waals surface area contributed by atoms with E-state index in [1.807, 2.05) is 42.5 Å². The van der Waals surface area contributed by atoms with Gasteiger partial charge in [-0.05, 0) is 35.2 Å². The van der Waals surface area contributed by atoms with Crippen molar-refractivity contribution in [3.05, 3.63) is 66.1 Å². The van der Waals surface area contributed by atoms with E-state index in [1.54, 1.807) is 0 Å². The van der Waals surface area contributed by atoms with Gasteiger partial charge in [0.2, 0.25) is 6.79 Å². The summed E-state index contributed by atoms with van der Waals surface area (Å²) >= 11 is 0. The summed E-state index contributed by atoms with van der Waals surface area (Å²) < 4.78 is 10.7. The number of hydrogen-bond acceptors (Lipinski definition) is 6. The third-order valence-corrected chi connectivity index (χ3v) is 4.54. The average Bonchev–Trinajstić information content (AvgIpc) is 3.16. The maximum Gasteiger partial charge on any atom is 0.275 e. The molecule has 2 heterocycles. The van der Waals surface area contributed by atoms with Gasteiger partial charge in [0.1, 0.15) is 11.5 Å². The van der Waals surface area contributed by atoms with Gasteiger partial charge in [-0.2, -0.15) is 0 Å². The van der Waals surface area contributed by atoms with E-state index in [1.165, 1.54) is 18.0 Å². The molecule has 0 bridgehead atoms. The SMILES string of the molecule is CC(C)(C)c1ccc(NC(=O)c2cnc(Nc3ccc4c(c3)OCO4)cn2)cc1. The van der Waals surface area contributed by atoms with Crippen LogP contribution in [-0.4, -0.2) is 22.7 Å². The van der Waals surface area contributed by atoms with Crippen molar-refractivity contribution in [2.45, 2.75) is 26.2 Å². The molecule has 0 unspecified atom stereocenters. The van der Waals surface area contributed by atoms with Crippen LogP contribution in [0.4, 0.5) is 17.2 Å². The van der Waals surface area contributed by atoms with Crippen LogP contribution < -0.4 is 20.1 Å². The number of amides is 1. The Morgan fingerprint density at radius 3 is 2.34 bits per heavy atom. The lowest BCUT2D eigenvalue weighted by Crippen LogP contribution is -2.15. The van der Waals surface area contributed by atoms with Gasteiger partial charge >= 0.3 is 0 Å². The lowest BCUT2D eigenvalue weighted by atomic mass is 9.87. The molecule has 1 aliphatic heterocycles. The Balaban J connectivity index is 1.40. The highest BCUT2D eigenvalue weighted by Crippen LogP contribution is 2.34. The summed E-state index contributed by atoms with van der Waals surface area (Å²) in [7, 11) is 0. The molecule has 0 atom stereocenters. The van der Waals surface area contributed by atoms with E-state index in [2.05, 4.69) is 41.4 Å². The van der Waals surface area contributed by atoms with Crippen molar-refractivity contribution in [3.8, 4) is 11.5 Å². The van der Waals surface area contributed by atoms with Gasteiger partial charge in [0, 0.05) is 17.4 Å². The first-order chi connectivity index (χ1) is 13.9. The van der Waals surface area contributed by atoms with Gasteiger partial charge in [0.15, 0.2) is 11.5 Å². The van der Waals surface area contributed by atoms with E-state index in [0.29, 0.717) is 23.0 Å². The molecule has 0 aliphatic carbocycles. The topological polar surface area (TPSA) is 85.4 Å². The minimum Gasteiger partial charge on any atom is -0.454 e. The number of hydrogen-bond donors (Lipinski definition) is 2. The van der Waals surface area contributed by atoms with Crippen molar-refractivity contribution in [3.63, 3.8) is 0 Å². The van der Waals surface area contributed by atoms with E-state index in [-0.39, 0.29) is 23.8 Å². The Hall–Kier alpha value is -3.61. The molecular weight excluding hydrogens is 368 g/mol. The maximum atomic E-state index is 12.4. The number of ether oxygens (including phenoxy) is 2. The first-order valence-corrected chi connectivity index (χ1v) is 9.29. The van der Waals surface area contributed by atoms with Gasteiger partial charge in [-0.25, -0.2) is 9.97 Å². The standard InChI is InChI=1S/C22H22N4O3/c1-22(2,3)14-4-6-15(7-5-14)26-21(27)17-11-24-20(12-23-17)25-16-8-9-18-19(10-16)29-13-28-18/h4-12H,13H2,1-3H3,(H,24,25)(H,26,27). The van der Waals surface area contributed by atoms with E-state index in [0.717, 1.165) is 5.69 Å². The fourth-order valence-electron chi connectivity index (χ4n) is 2.88. The minimum absolute atomic E-state index is 0.0643. The molecule has 0 saturated heterocycles. The number of benzene rings is 2. The Morgan fingerprint density at radius 2 is 1.66 bits per heavy atom. The van der Waals surface area contributed by atoms with Crippen LogP contribution in [0.3, 0.4) is 0 Å². The third-order valence-electron chi connectivity index (χ3n) is 4.54. The van der Waals surface area contributed by atoms with Crippen LogP contribution in [0.15, 0.2) is 54.9 Å². The molecule has 0 saturated carbocycles. The molecule has 1 amide bonds. The molecule has 148 valence electrons. The Bertz CT molecular complexity index is 1030.